The molecule has 98 valence electrons. The third-order valence-corrected chi connectivity index (χ3v) is 2.15. The summed E-state index contributed by atoms with van der Waals surface area (Å²) in [4.78, 5) is 22.7. The Morgan fingerprint density at radius 3 is 2.72 bits per heavy atom. The lowest BCUT2D eigenvalue weighted by molar-refractivity contribution is -0.124. The van der Waals surface area contributed by atoms with Gasteiger partial charge < -0.3 is 19.9 Å². The summed E-state index contributed by atoms with van der Waals surface area (Å²) < 4.78 is 9.62. The monoisotopic (exact) mass is 253 g/mol. The number of amides is 1. The number of carbonyl (C=O) groups excluding carboxylic acids is 2. The lowest BCUT2D eigenvalue weighted by Crippen LogP contribution is -2.28. The van der Waals surface area contributed by atoms with Crippen LogP contribution in [0.2, 0.25) is 0 Å². The van der Waals surface area contributed by atoms with Gasteiger partial charge in [-0.2, -0.15) is 0 Å². The minimum absolute atomic E-state index is 0.0429. The van der Waals surface area contributed by atoms with E-state index >= 15 is 0 Å². The molecular weight excluding hydrogens is 238 g/mol. The summed E-state index contributed by atoms with van der Waals surface area (Å²) in [5.74, 6) is -1.31. The fraction of sp³-hybridized carbons (Fsp3) is 0.333. The van der Waals surface area contributed by atoms with E-state index in [0.717, 1.165) is 0 Å². The third kappa shape index (κ3) is 3.38. The molecule has 1 amide bonds. The zero-order valence-electron chi connectivity index (χ0n) is 10.2. The first kappa shape index (κ1) is 13.8. The third-order valence-electron chi connectivity index (χ3n) is 2.15. The second-order valence-electron chi connectivity index (χ2n) is 3.39. The van der Waals surface area contributed by atoms with Crippen molar-refractivity contribution in [2.24, 2.45) is 0 Å². The Hall–Kier alpha value is -2.24. The van der Waals surface area contributed by atoms with Crippen LogP contribution >= 0.6 is 0 Å². The standard InChI is InChI=1S/C12H15NO5/c1-3-13-10(14)7-18-12(16)8-5-4-6-9(17-2)11(8)15/h4-6,15H,3,7H2,1-2H3,(H,13,14). The lowest BCUT2D eigenvalue weighted by atomic mass is 10.2. The molecule has 18 heavy (non-hydrogen) atoms. The van der Waals surface area contributed by atoms with Crippen molar-refractivity contribution in [1.29, 1.82) is 0 Å². The van der Waals surface area contributed by atoms with Gasteiger partial charge in [0.05, 0.1) is 7.11 Å². The van der Waals surface area contributed by atoms with E-state index in [-0.39, 0.29) is 23.7 Å². The van der Waals surface area contributed by atoms with Crippen molar-refractivity contribution in [2.75, 3.05) is 20.3 Å². The van der Waals surface area contributed by atoms with Gasteiger partial charge in [-0.1, -0.05) is 6.07 Å². The number of esters is 1. The van der Waals surface area contributed by atoms with E-state index in [2.05, 4.69) is 5.32 Å². The Morgan fingerprint density at radius 1 is 1.39 bits per heavy atom. The summed E-state index contributed by atoms with van der Waals surface area (Å²) >= 11 is 0. The molecule has 0 bridgehead atoms. The van der Waals surface area contributed by atoms with Gasteiger partial charge in [-0.3, -0.25) is 4.79 Å². The molecule has 0 unspecified atom stereocenters. The Balaban J connectivity index is 2.70. The van der Waals surface area contributed by atoms with E-state index in [4.69, 9.17) is 9.47 Å². The number of nitrogens with one attached hydrogen (secondary N) is 1. The van der Waals surface area contributed by atoms with Crippen LogP contribution in [0.15, 0.2) is 18.2 Å². The fourth-order valence-corrected chi connectivity index (χ4v) is 1.31. The van der Waals surface area contributed by atoms with Crippen LogP contribution < -0.4 is 10.1 Å². The molecule has 0 aromatic heterocycles. The summed E-state index contributed by atoms with van der Waals surface area (Å²) in [6.07, 6.45) is 0. The number of hydrogen-bond donors (Lipinski definition) is 2. The number of methoxy groups -OCH3 is 1. The Morgan fingerprint density at radius 2 is 2.11 bits per heavy atom. The molecule has 0 spiro atoms. The number of hydrogen-bond acceptors (Lipinski definition) is 5. The van der Waals surface area contributed by atoms with Gasteiger partial charge in [0, 0.05) is 6.54 Å². The number of para-hydroxylation sites is 1. The molecular formula is C12H15NO5. The minimum Gasteiger partial charge on any atom is -0.504 e. The van der Waals surface area contributed by atoms with Crippen LogP contribution in [0.1, 0.15) is 17.3 Å². The van der Waals surface area contributed by atoms with Crippen LogP contribution in [0.5, 0.6) is 11.5 Å². The maximum Gasteiger partial charge on any atom is 0.342 e. The van der Waals surface area contributed by atoms with Gasteiger partial charge >= 0.3 is 5.97 Å². The molecule has 0 aliphatic rings. The summed E-state index contributed by atoms with van der Waals surface area (Å²) in [5, 5.41) is 12.2. The average molecular weight is 253 g/mol. The van der Waals surface area contributed by atoms with E-state index in [1.807, 2.05) is 0 Å². The van der Waals surface area contributed by atoms with E-state index in [1.54, 1.807) is 13.0 Å². The fourth-order valence-electron chi connectivity index (χ4n) is 1.31. The van der Waals surface area contributed by atoms with Gasteiger partial charge in [-0.05, 0) is 19.1 Å². The SMILES string of the molecule is CCNC(=O)COC(=O)c1cccc(OC)c1O. The number of rotatable bonds is 5. The lowest BCUT2D eigenvalue weighted by Gasteiger charge is -2.08. The molecule has 0 saturated heterocycles. The quantitative estimate of drug-likeness (QED) is 0.754. The van der Waals surface area contributed by atoms with Crippen molar-refractivity contribution in [3.63, 3.8) is 0 Å². The number of likely N-dealkylation sites (N-methyl/N-ethyl adjacent to an activating group) is 1. The van der Waals surface area contributed by atoms with E-state index in [0.29, 0.717) is 6.54 Å². The normalized spacial score (nSPS) is 9.67. The highest BCUT2D eigenvalue weighted by atomic mass is 16.5. The molecule has 0 heterocycles. The maximum absolute atomic E-state index is 11.6. The second-order valence-corrected chi connectivity index (χ2v) is 3.39. The van der Waals surface area contributed by atoms with Crippen molar-refractivity contribution in [1.82, 2.24) is 5.32 Å². The topological polar surface area (TPSA) is 84.9 Å². The highest BCUT2D eigenvalue weighted by molar-refractivity contribution is 5.94. The summed E-state index contributed by atoms with van der Waals surface area (Å²) in [5.41, 5.74) is -0.0429. The summed E-state index contributed by atoms with van der Waals surface area (Å²) in [6, 6.07) is 4.44. The first-order valence-electron chi connectivity index (χ1n) is 5.40. The Kier molecular flexibility index (Phi) is 4.98. The Labute approximate surface area is 105 Å². The number of ether oxygens (including phenoxy) is 2. The van der Waals surface area contributed by atoms with Crippen LogP contribution in [-0.2, 0) is 9.53 Å². The van der Waals surface area contributed by atoms with Crippen LogP contribution in [-0.4, -0.2) is 37.2 Å². The van der Waals surface area contributed by atoms with Crippen LogP contribution in [0.3, 0.4) is 0 Å². The number of benzene rings is 1. The molecule has 6 nitrogen and oxygen atoms in total. The smallest absolute Gasteiger partial charge is 0.342 e. The molecule has 1 aromatic rings. The molecule has 0 radical (unpaired) electrons. The molecule has 1 aromatic carbocycles. The van der Waals surface area contributed by atoms with E-state index in [1.165, 1.54) is 19.2 Å². The molecule has 0 aliphatic carbocycles. The number of aromatic hydroxyl groups is 1. The van der Waals surface area contributed by atoms with Gasteiger partial charge in [-0.25, -0.2) is 4.79 Å². The molecule has 1 rings (SSSR count). The van der Waals surface area contributed by atoms with Crippen molar-refractivity contribution < 1.29 is 24.2 Å². The van der Waals surface area contributed by atoms with Crippen molar-refractivity contribution in [3.05, 3.63) is 23.8 Å². The molecule has 0 fully saturated rings. The number of carbonyl (C=O) groups is 2. The highest BCUT2D eigenvalue weighted by Crippen LogP contribution is 2.29. The van der Waals surface area contributed by atoms with Crippen molar-refractivity contribution in [3.8, 4) is 11.5 Å². The Bertz CT molecular complexity index is 444. The molecule has 6 heteroatoms. The van der Waals surface area contributed by atoms with Crippen LogP contribution in [0.4, 0.5) is 0 Å². The van der Waals surface area contributed by atoms with Gasteiger partial charge in [0.1, 0.15) is 5.56 Å². The zero-order chi connectivity index (χ0) is 13.5. The predicted octanol–water partition coefficient (Wildman–Crippen LogP) is 0.694. The largest absolute Gasteiger partial charge is 0.504 e. The molecule has 0 saturated carbocycles. The maximum atomic E-state index is 11.6. The van der Waals surface area contributed by atoms with Crippen molar-refractivity contribution >= 4 is 11.9 Å². The van der Waals surface area contributed by atoms with Crippen molar-refractivity contribution in [2.45, 2.75) is 6.92 Å². The van der Waals surface area contributed by atoms with Gasteiger partial charge in [0.25, 0.3) is 5.91 Å². The van der Waals surface area contributed by atoms with Gasteiger partial charge in [-0.15, -0.1) is 0 Å². The first-order valence-corrected chi connectivity index (χ1v) is 5.40. The van der Waals surface area contributed by atoms with Crippen LogP contribution in [0.25, 0.3) is 0 Å². The van der Waals surface area contributed by atoms with E-state index < -0.39 is 11.9 Å². The molecule has 2 N–H and O–H groups in total. The van der Waals surface area contributed by atoms with Gasteiger partial charge in [0.2, 0.25) is 0 Å². The molecule has 0 aliphatic heterocycles. The average Bonchev–Trinajstić information content (AvgIpc) is 2.36. The summed E-state index contributed by atoms with van der Waals surface area (Å²) in [7, 11) is 1.37. The van der Waals surface area contributed by atoms with E-state index in [9.17, 15) is 14.7 Å². The first-order chi connectivity index (χ1) is 8.60. The van der Waals surface area contributed by atoms with Crippen LogP contribution in [0, 0.1) is 0 Å². The molecule has 0 atom stereocenters. The zero-order valence-corrected chi connectivity index (χ0v) is 10.2. The predicted molar refractivity (Wildman–Crippen MR) is 63.6 cm³/mol. The highest BCUT2D eigenvalue weighted by Gasteiger charge is 2.16. The van der Waals surface area contributed by atoms with Gasteiger partial charge in [0.15, 0.2) is 18.1 Å². The minimum atomic E-state index is -0.780. The number of phenolic OH excluding ortho intramolecular Hbond substituents is 1. The second kappa shape index (κ2) is 6.48. The summed E-state index contributed by atoms with van der Waals surface area (Å²) in [6.45, 7) is 1.83. The number of phenols is 1.